The van der Waals surface area contributed by atoms with Gasteiger partial charge in [-0.15, -0.1) is 10.2 Å². The molecule has 26 heteroatoms. The van der Waals surface area contributed by atoms with E-state index in [1.807, 2.05) is 0 Å². The monoisotopic (exact) mass is 1050 g/mol. The summed E-state index contributed by atoms with van der Waals surface area (Å²) < 4.78 is 139. The molecule has 0 saturated carbocycles. The van der Waals surface area contributed by atoms with Crippen LogP contribution in [0.25, 0.3) is 33.7 Å². The van der Waals surface area contributed by atoms with E-state index < -0.39 is 60.1 Å². The second-order valence-electron chi connectivity index (χ2n) is 15.2. The van der Waals surface area contributed by atoms with Gasteiger partial charge in [0.05, 0.1) is 42.8 Å². The van der Waals surface area contributed by atoms with Gasteiger partial charge >= 0.3 is 0 Å². The van der Waals surface area contributed by atoms with E-state index in [9.17, 15) is 62.3 Å². The smallest absolute Gasteiger partial charge is 0.282 e. The molecule has 0 radical (unpaired) electrons. The molecule has 0 bridgehead atoms. The first kappa shape index (κ1) is 50.1. The van der Waals surface area contributed by atoms with Crippen LogP contribution < -0.4 is 0 Å². The molecule has 0 fully saturated rings. The molecule has 0 aromatic heterocycles. The summed E-state index contributed by atoms with van der Waals surface area (Å²) in [5.74, 6) is 0. The van der Waals surface area contributed by atoms with Gasteiger partial charge in [0.2, 0.25) is 0 Å². The van der Waals surface area contributed by atoms with Crippen molar-refractivity contribution in [1.29, 1.82) is 0 Å². The van der Waals surface area contributed by atoms with Crippen LogP contribution in [0.2, 0.25) is 0 Å². The van der Waals surface area contributed by atoms with E-state index in [1.54, 1.807) is 60.7 Å². The number of nitrogens with zero attached hydrogens (tertiary/aromatic N) is 8. The van der Waals surface area contributed by atoms with Crippen molar-refractivity contribution in [2.24, 2.45) is 30.7 Å². The lowest BCUT2D eigenvalue weighted by Crippen LogP contribution is -2.04. The third kappa shape index (κ3) is 11.5. The van der Waals surface area contributed by atoms with Crippen molar-refractivity contribution in [2.45, 2.75) is 19.6 Å². The van der Waals surface area contributed by atoms with E-state index in [1.165, 1.54) is 48.5 Å². The molecule has 0 heterocycles. The topological polar surface area (TPSA) is 338 Å². The van der Waals surface area contributed by atoms with Crippen molar-refractivity contribution >= 4 is 120 Å². The molecule has 6 N–H and O–H groups in total. The van der Waals surface area contributed by atoms with Crippen LogP contribution in [-0.4, -0.2) is 72.0 Å². The van der Waals surface area contributed by atoms with Gasteiger partial charge in [0, 0.05) is 45.8 Å². The average molecular weight is 1050 g/mol. The van der Waals surface area contributed by atoms with E-state index >= 15 is 0 Å². The Morgan fingerprint density at radius 1 is 0.361 bits per heavy atom. The fourth-order valence-electron chi connectivity index (χ4n) is 6.99. The second-order valence-corrected chi connectivity index (χ2v) is 20.8. The Balaban J connectivity index is 1.12. The van der Waals surface area contributed by atoms with Crippen LogP contribution in [0, 0.1) is 0 Å². The summed E-state index contributed by atoms with van der Waals surface area (Å²) in [4.78, 5) is -2.00. The van der Waals surface area contributed by atoms with Crippen molar-refractivity contribution in [3.05, 3.63) is 169 Å². The van der Waals surface area contributed by atoms with Gasteiger partial charge in [0.15, 0.2) is 0 Å². The number of azo groups is 4. The highest BCUT2D eigenvalue weighted by Gasteiger charge is 2.25. The summed E-state index contributed by atoms with van der Waals surface area (Å²) in [7, 11) is -19.5. The molecule has 8 rings (SSSR count). The normalized spacial score (nSPS) is 13.3. The minimum Gasteiger partial charge on any atom is -0.282 e. The minimum atomic E-state index is -5.09. The van der Waals surface area contributed by atoms with Gasteiger partial charge in [-0.05, 0) is 96.1 Å². The highest BCUT2D eigenvalue weighted by Crippen LogP contribution is 2.39. The number of hydrogen-bond acceptors (Lipinski definition) is 14. The molecule has 0 aliphatic heterocycles. The molecule has 364 valence electrons. The second kappa shape index (κ2) is 19.8. The van der Waals surface area contributed by atoms with Crippen molar-refractivity contribution in [2.75, 3.05) is 0 Å². The Bertz CT molecular complexity index is 3850. The molecule has 0 saturated heterocycles. The molecule has 0 aliphatic rings. The third-order valence-corrected chi connectivity index (χ3v) is 13.9. The van der Waals surface area contributed by atoms with E-state index in [4.69, 9.17) is 0 Å². The molecule has 0 unspecified atom stereocenters. The first-order chi connectivity index (χ1) is 34.0. The Hall–Kier alpha value is -8.34. The van der Waals surface area contributed by atoms with Gasteiger partial charge in [-0.3, -0.25) is 28.6 Å². The molecule has 22 nitrogen and oxygen atoms in total. The molecule has 0 atom stereocenters. The zero-order valence-corrected chi connectivity index (χ0v) is 39.6. The summed E-state index contributed by atoms with van der Waals surface area (Å²) in [5, 5.41) is 47.9. The molecule has 0 amide bonds. The fraction of sp³-hybridized carbons (Fsp3) is 0. The van der Waals surface area contributed by atoms with Crippen molar-refractivity contribution in [3.8, 4) is 0 Å². The average Bonchev–Trinajstić information content (AvgIpc) is 3.34. The SMILES string of the molecule is O=S(=O)(O)c1ccc2c(N=[N+](O)c3ccc(/C=C/c4ccc([N+](O)=Nc5ccc(N=Nc6ccccc6)c6cc(S(=O)(=O)O)ccc56)cc4S(=O)(=O)O)c(S(=O)(=O)O)c3)ccc(N=Nc3ccccc3)c2c1. The fourth-order valence-corrected chi connectivity index (χ4v) is 9.41. The first-order valence-corrected chi connectivity index (χ1v) is 26.1. The maximum Gasteiger partial charge on any atom is 0.295 e. The maximum absolute atomic E-state index is 12.7. The molecular formula is C46H34N8O14S4+2. The standard InChI is InChI=1S/C46H32N8O14S4/c55-53(51-43-23-21-41(49-47-31-7-3-1-4-8-31)39-27-35(69(57,58)59)17-19-37(39)43)33-15-13-29(45(25-33)71(63,64)65)11-12-30-14-16-34(26-46(30)72(66,67)68)54(56)52-44-24-22-42(50-48-32-9-5-2-6-10-32)40-28-36(70(60,61)62)18-20-38(40)44/h1-28H,(H4-2,51,52,55,56,57,58,59,60,61,62,63,64,65,66,67,68)/p+2/b12-11+. The van der Waals surface area contributed by atoms with Crippen LogP contribution in [0.5, 0.6) is 0 Å². The quantitative estimate of drug-likeness (QED) is 0.0194. The molecule has 72 heavy (non-hydrogen) atoms. The Morgan fingerprint density at radius 3 is 1.07 bits per heavy atom. The number of rotatable bonds is 14. The van der Waals surface area contributed by atoms with Gasteiger partial charge in [0.1, 0.15) is 30.9 Å². The van der Waals surface area contributed by atoms with Gasteiger partial charge < -0.3 is 0 Å². The number of fused-ring (bicyclic) bond motifs is 2. The molecule has 0 spiro atoms. The van der Waals surface area contributed by atoms with Gasteiger partial charge in [-0.1, -0.05) is 60.7 Å². The van der Waals surface area contributed by atoms with Crippen LogP contribution in [0.4, 0.5) is 45.5 Å². The lowest BCUT2D eigenvalue weighted by atomic mass is 10.1. The first-order valence-electron chi connectivity index (χ1n) is 20.4. The lowest BCUT2D eigenvalue weighted by molar-refractivity contribution is -0.761. The zero-order chi connectivity index (χ0) is 51.6. The van der Waals surface area contributed by atoms with E-state index in [-0.39, 0.29) is 76.5 Å². The highest BCUT2D eigenvalue weighted by atomic mass is 32.2. The highest BCUT2D eigenvalue weighted by molar-refractivity contribution is 7.86. The van der Waals surface area contributed by atoms with Crippen LogP contribution >= 0.6 is 0 Å². The van der Waals surface area contributed by atoms with Gasteiger partial charge in [0.25, 0.3) is 51.8 Å². The summed E-state index contributed by atoms with van der Waals surface area (Å²) in [6.45, 7) is 0. The molecule has 8 aromatic rings. The third-order valence-electron chi connectivity index (χ3n) is 10.4. The summed E-state index contributed by atoms with van der Waals surface area (Å²) >= 11 is 0. The molecule has 8 aromatic carbocycles. The van der Waals surface area contributed by atoms with Crippen LogP contribution in [0.15, 0.2) is 208 Å². The summed E-state index contributed by atoms with van der Waals surface area (Å²) in [6, 6.07) is 36.0. The van der Waals surface area contributed by atoms with Crippen LogP contribution in [0.1, 0.15) is 11.1 Å². The number of hydrogen-bond donors (Lipinski definition) is 6. The van der Waals surface area contributed by atoms with Crippen LogP contribution in [-0.2, 0) is 40.5 Å². The molecule has 0 aliphatic carbocycles. The zero-order valence-electron chi connectivity index (χ0n) is 36.3. The van der Waals surface area contributed by atoms with E-state index in [2.05, 4.69) is 30.7 Å². The van der Waals surface area contributed by atoms with E-state index in [0.29, 0.717) is 11.4 Å². The molecular weight excluding hydrogens is 1020 g/mol. The Morgan fingerprint density at radius 2 is 0.722 bits per heavy atom. The Labute approximate surface area is 408 Å². The van der Waals surface area contributed by atoms with E-state index in [0.717, 1.165) is 60.7 Å². The van der Waals surface area contributed by atoms with Crippen LogP contribution in [0.3, 0.4) is 0 Å². The van der Waals surface area contributed by atoms with Gasteiger partial charge in [-0.2, -0.15) is 43.9 Å². The summed E-state index contributed by atoms with van der Waals surface area (Å²) in [5.41, 5.74) is 0.139. The Kier molecular flexibility index (Phi) is 13.8. The lowest BCUT2D eigenvalue weighted by Gasteiger charge is -2.06. The van der Waals surface area contributed by atoms with Gasteiger partial charge in [-0.25, -0.2) is 0 Å². The largest absolute Gasteiger partial charge is 0.295 e. The van der Waals surface area contributed by atoms with Crippen molar-refractivity contribution < 1.29 is 72.0 Å². The predicted octanol–water partition coefficient (Wildman–Crippen LogP) is 11.6. The van der Waals surface area contributed by atoms with Crippen molar-refractivity contribution in [1.82, 2.24) is 0 Å². The van der Waals surface area contributed by atoms with Crippen molar-refractivity contribution in [3.63, 3.8) is 0 Å². The maximum atomic E-state index is 12.7. The number of benzene rings is 8. The minimum absolute atomic E-state index is 0.00295. The summed E-state index contributed by atoms with van der Waals surface area (Å²) in [6.07, 6.45) is 2.15. The predicted molar refractivity (Wildman–Crippen MR) is 258 cm³/mol.